The largest absolute Gasteiger partial charge is 0.0654 e. The Hall–Kier alpha value is 0. The van der Waals surface area contributed by atoms with Crippen molar-refractivity contribution in [3.05, 3.63) is 0 Å². The number of rotatable bonds is 5. The molecule has 0 atom stereocenters. The summed E-state index contributed by atoms with van der Waals surface area (Å²) in [4.78, 5) is 0. The highest BCUT2D eigenvalue weighted by atomic mass is 14.7. The minimum absolute atomic E-state index is 0.732. The summed E-state index contributed by atoms with van der Waals surface area (Å²) in [6.45, 7) is 9.87. The average Bonchev–Trinajstić information content (AvgIpc) is 2.37. The monoisotopic (exact) mass is 262 g/mol. The van der Waals surface area contributed by atoms with Crippen molar-refractivity contribution in [3.8, 4) is 0 Å². The molecule has 0 heteroatoms. The van der Waals surface area contributed by atoms with Gasteiger partial charge in [0.25, 0.3) is 0 Å². The van der Waals surface area contributed by atoms with Crippen LogP contribution in [0.25, 0.3) is 0 Å². The first-order valence-electron chi connectivity index (χ1n) is 8.99. The van der Waals surface area contributed by atoms with E-state index in [1.54, 1.807) is 38.5 Å². The molecule has 0 aromatic heterocycles. The molecule has 0 amide bonds. The molecular weight excluding hydrogens is 228 g/mol. The molecule has 4 saturated carbocycles. The minimum atomic E-state index is 0.732. The molecule has 0 unspecified atom stereocenters. The maximum absolute atomic E-state index is 2.49. The van der Waals surface area contributed by atoms with Crippen molar-refractivity contribution in [2.24, 2.45) is 21.7 Å². The Balaban J connectivity index is 2.03. The lowest BCUT2D eigenvalue weighted by atomic mass is 9.34. The summed E-state index contributed by atoms with van der Waals surface area (Å²) >= 11 is 0. The third kappa shape index (κ3) is 1.92. The van der Waals surface area contributed by atoms with E-state index in [4.69, 9.17) is 0 Å². The van der Waals surface area contributed by atoms with Crippen molar-refractivity contribution >= 4 is 0 Å². The van der Waals surface area contributed by atoms with E-state index in [-0.39, 0.29) is 0 Å². The van der Waals surface area contributed by atoms with E-state index in [0.717, 1.165) is 21.7 Å². The van der Waals surface area contributed by atoms with Crippen molar-refractivity contribution in [1.29, 1.82) is 0 Å². The van der Waals surface area contributed by atoms with Crippen molar-refractivity contribution in [2.45, 2.75) is 98.3 Å². The van der Waals surface area contributed by atoms with Crippen LogP contribution >= 0.6 is 0 Å². The first-order valence-corrected chi connectivity index (χ1v) is 8.99. The van der Waals surface area contributed by atoms with E-state index in [2.05, 4.69) is 27.7 Å². The fourth-order valence-electron chi connectivity index (χ4n) is 7.44. The van der Waals surface area contributed by atoms with E-state index in [9.17, 15) is 0 Å². The summed E-state index contributed by atoms with van der Waals surface area (Å²) < 4.78 is 0. The molecule has 0 spiro atoms. The normalized spacial score (nSPS) is 51.8. The standard InChI is InChI=1S/C19H34/c1-5-9-19-13-16(6-2)10-17(7-3,14-19)12-18(8-4,11-16)15-19/h5-15H2,1-4H3. The quantitative estimate of drug-likeness (QED) is 0.542. The molecule has 4 aliphatic rings. The lowest BCUT2D eigenvalue weighted by Crippen LogP contribution is -2.60. The second kappa shape index (κ2) is 4.25. The molecule has 0 aromatic carbocycles. The van der Waals surface area contributed by atoms with E-state index >= 15 is 0 Å². The Bertz CT molecular complexity index is 295. The van der Waals surface area contributed by atoms with Gasteiger partial charge in [0.05, 0.1) is 0 Å². The van der Waals surface area contributed by atoms with Gasteiger partial charge in [0, 0.05) is 0 Å². The number of hydrogen-bond donors (Lipinski definition) is 0. The van der Waals surface area contributed by atoms with Gasteiger partial charge in [-0.2, -0.15) is 0 Å². The molecule has 0 N–H and O–H groups in total. The third-order valence-electron chi connectivity index (χ3n) is 7.53. The summed E-state index contributed by atoms with van der Waals surface area (Å²) in [6.07, 6.45) is 16.7. The first kappa shape index (κ1) is 14.0. The lowest BCUT2D eigenvalue weighted by molar-refractivity contribution is -0.207. The highest BCUT2D eigenvalue weighted by Gasteiger charge is 2.65. The van der Waals surface area contributed by atoms with Gasteiger partial charge < -0.3 is 0 Å². The molecule has 0 radical (unpaired) electrons. The Labute approximate surface area is 120 Å². The maximum atomic E-state index is 2.49. The lowest BCUT2D eigenvalue weighted by Gasteiger charge is -2.71. The van der Waals surface area contributed by atoms with Gasteiger partial charge >= 0.3 is 0 Å². The van der Waals surface area contributed by atoms with Crippen molar-refractivity contribution < 1.29 is 0 Å². The minimum Gasteiger partial charge on any atom is -0.0654 e. The van der Waals surface area contributed by atoms with E-state index in [0.29, 0.717) is 0 Å². The molecule has 4 bridgehead atoms. The second-order valence-electron chi connectivity index (χ2n) is 8.87. The van der Waals surface area contributed by atoms with Crippen LogP contribution in [0, 0.1) is 21.7 Å². The maximum Gasteiger partial charge on any atom is -0.0282 e. The molecule has 19 heavy (non-hydrogen) atoms. The van der Waals surface area contributed by atoms with Crippen LogP contribution in [0.1, 0.15) is 98.3 Å². The molecular formula is C19H34. The van der Waals surface area contributed by atoms with Gasteiger partial charge in [-0.3, -0.25) is 0 Å². The van der Waals surface area contributed by atoms with Crippen molar-refractivity contribution in [1.82, 2.24) is 0 Å². The Kier molecular flexibility index (Phi) is 3.12. The molecule has 0 aromatic rings. The van der Waals surface area contributed by atoms with Gasteiger partial charge in [-0.25, -0.2) is 0 Å². The molecule has 110 valence electrons. The fraction of sp³-hybridized carbons (Fsp3) is 1.00. The zero-order chi connectivity index (χ0) is 13.8. The topological polar surface area (TPSA) is 0 Å². The Morgan fingerprint density at radius 2 is 0.842 bits per heavy atom. The fourth-order valence-corrected chi connectivity index (χ4v) is 7.44. The van der Waals surface area contributed by atoms with Gasteiger partial charge in [-0.05, 0) is 66.6 Å². The van der Waals surface area contributed by atoms with Gasteiger partial charge in [-0.1, -0.05) is 53.4 Å². The molecule has 4 fully saturated rings. The molecule has 0 nitrogen and oxygen atoms in total. The predicted molar refractivity (Wildman–Crippen MR) is 83.2 cm³/mol. The van der Waals surface area contributed by atoms with E-state index in [1.807, 2.05) is 0 Å². The van der Waals surface area contributed by atoms with Crippen LogP contribution in [0.15, 0.2) is 0 Å². The van der Waals surface area contributed by atoms with Gasteiger partial charge in [0.2, 0.25) is 0 Å². The van der Waals surface area contributed by atoms with E-state index in [1.165, 1.54) is 32.1 Å². The van der Waals surface area contributed by atoms with Crippen LogP contribution in [0.4, 0.5) is 0 Å². The van der Waals surface area contributed by atoms with Gasteiger partial charge in [0.1, 0.15) is 0 Å². The molecule has 0 heterocycles. The van der Waals surface area contributed by atoms with Crippen LogP contribution in [0.3, 0.4) is 0 Å². The highest BCUT2D eigenvalue weighted by Crippen LogP contribution is 2.76. The zero-order valence-corrected chi connectivity index (χ0v) is 13.8. The van der Waals surface area contributed by atoms with Gasteiger partial charge in [0.15, 0.2) is 0 Å². The summed E-state index contributed by atoms with van der Waals surface area (Å²) in [5, 5.41) is 0. The Morgan fingerprint density at radius 1 is 0.526 bits per heavy atom. The summed E-state index contributed by atoms with van der Waals surface area (Å²) in [7, 11) is 0. The third-order valence-corrected chi connectivity index (χ3v) is 7.53. The average molecular weight is 262 g/mol. The summed E-state index contributed by atoms with van der Waals surface area (Å²) in [5.74, 6) is 0. The molecule has 4 aliphatic carbocycles. The molecule has 0 aliphatic heterocycles. The van der Waals surface area contributed by atoms with Crippen molar-refractivity contribution in [2.75, 3.05) is 0 Å². The molecule has 4 rings (SSSR count). The second-order valence-corrected chi connectivity index (χ2v) is 8.87. The number of hydrogen-bond acceptors (Lipinski definition) is 0. The predicted octanol–water partition coefficient (Wildman–Crippen LogP) is 6.34. The van der Waals surface area contributed by atoms with Gasteiger partial charge in [-0.15, -0.1) is 0 Å². The molecule has 0 saturated heterocycles. The van der Waals surface area contributed by atoms with Crippen molar-refractivity contribution in [3.63, 3.8) is 0 Å². The van der Waals surface area contributed by atoms with Crippen LogP contribution in [-0.2, 0) is 0 Å². The Morgan fingerprint density at radius 3 is 1.11 bits per heavy atom. The zero-order valence-electron chi connectivity index (χ0n) is 13.8. The summed E-state index contributed by atoms with van der Waals surface area (Å²) in [6, 6.07) is 0. The summed E-state index contributed by atoms with van der Waals surface area (Å²) in [5.41, 5.74) is 2.94. The smallest absolute Gasteiger partial charge is 0.0282 e. The highest BCUT2D eigenvalue weighted by molar-refractivity contribution is 5.16. The first-order chi connectivity index (χ1) is 8.99. The van der Waals surface area contributed by atoms with E-state index < -0.39 is 0 Å². The van der Waals surface area contributed by atoms with Crippen LogP contribution in [0.5, 0.6) is 0 Å². The van der Waals surface area contributed by atoms with Crippen LogP contribution < -0.4 is 0 Å². The van der Waals surface area contributed by atoms with Crippen LogP contribution in [0.2, 0.25) is 0 Å². The SMILES string of the molecule is CCCC12CC3(CC)CC(CC)(CC(CC)(C3)C1)C2. The van der Waals surface area contributed by atoms with Crippen LogP contribution in [-0.4, -0.2) is 0 Å².